The summed E-state index contributed by atoms with van der Waals surface area (Å²) in [5.41, 5.74) is 1.50. The van der Waals surface area contributed by atoms with Crippen LogP contribution in [0.4, 0.5) is 0 Å². The van der Waals surface area contributed by atoms with E-state index in [0.717, 1.165) is 5.69 Å². The molecule has 1 aliphatic carbocycles. The van der Waals surface area contributed by atoms with Crippen molar-refractivity contribution in [2.75, 3.05) is 12.9 Å². The summed E-state index contributed by atoms with van der Waals surface area (Å²) in [7, 11) is 0. The smallest absolute Gasteiger partial charge is 0.272 e. The largest absolute Gasteiger partial charge is 0.395 e. The zero-order valence-corrected chi connectivity index (χ0v) is 14.9. The molecule has 1 aromatic heterocycles. The molecule has 0 radical (unpaired) electrons. The van der Waals surface area contributed by atoms with E-state index in [0.29, 0.717) is 11.6 Å². The van der Waals surface area contributed by atoms with E-state index in [4.69, 9.17) is 0 Å². The second kappa shape index (κ2) is 6.62. The molecule has 0 saturated heterocycles. The summed E-state index contributed by atoms with van der Waals surface area (Å²) in [5, 5.41) is 16.8. The van der Waals surface area contributed by atoms with Crippen molar-refractivity contribution in [3.05, 3.63) is 17.5 Å². The predicted molar refractivity (Wildman–Crippen MR) is 90.5 cm³/mol. The Balaban J connectivity index is 2.16. The van der Waals surface area contributed by atoms with E-state index in [1.165, 1.54) is 12.8 Å². The van der Waals surface area contributed by atoms with Crippen LogP contribution >= 0.6 is 11.8 Å². The molecule has 22 heavy (non-hydrogen) atoms. The standard InChI is InChI=1S/C16H27N3O2S/c1-10(14(9-20)22-5)17-15(21)12-8-13(11-6-7-11)19(18-12)16(2,3)4/h8,10-11,14,20H,6-7,9H2,1-5H3,(H,17,21). The maximum atomic E-state index is 12.4. The van der Waals surface area contributed by atoms with Crippen molar-refractivity contribution < 1.29 is 9.90 Å². The monoisotopic (exact) mass is 325 g/mol. The quantitative estimate of drug-likeness (QED) is 0.842. The Hall–Kier alpha value is -1.01. The highest BCUT2D eigenvalue weighted by molar-refractivity contribution is 7.99. The number of nitrogens with zero attached hydrogens (tertiary/aromatic N) is 2. The van der Waals surface area contributed by atoms with Crippen LogP contribution in [0.1, 0.15) is 62.6 Å². The van der Waals surface area contributed by atoms with E-state index in [1.807, 2.05) is 23.9 Å². The number of rotatable bonds is 6. The van der Waals surface area contributed by atoms with Crippen LogP contribution in [0.3, 0.4) is 0 Å². The molecule has 0 aliphatic heterocycles. The van der Waals surface area contributed by atoms with Crippen molar-refractivity contribution in [2.45, 2.75) is 63.3 Å². The molecule has 5 nitrogen and oxygen atoms in total. The van der Waals surface area contributed by atoms with Crippen molar-refractivity contribution in [3.8, 4) is 0 Å². The lowest BCUT2D eigenvalue weighted by molar-refractivity contribution is 0.0929. The van der Waals surface area contributed by atoms with E-state index >= 15 is 0 Å². The molecular formula is C16H27N3O2S. The lowest BCUT2D eigenvalue weighted by Gasteiger charge is -2.22. The molecule has 2 N–H and O–H groups in total. The van der Waals surface area contributed by atoms with Gasteiger partial charge >= 0.3 is 0 Å². The van der Waals surface area contributed by atoms with Crippen LogP contribution in [0.25, 0.3) is 0 Å². The molecule has 1 saturated carbocycles. The molecular weight excluding hydrogens is 298 g/mol. The van der Waals surface area contributed by atoms with Gasteiger partial charge in [-0.1, -0.05) is 0 Å². The normalized spacial score (nSPS) is 18.1. The minimum atomic E-state index is -0.162. The highest BCUT2D eigenvalue weighted by Crippen LogP contribution is 2.41. The summed E-state index contributed by atoms with van der Waals surface area (Å²) < 4.78 is 1.99. The Morgan fingerprint density at radius 2 is 2.18 bits per heavy atom. The molecule has 1 aromatic rings. The lowest BCUT2D eigenvalue weighted by atomic mass is 10.1. The highest BCUT2D eigenvalue weighted by atomic mass is 32.2. The molecule has 1 fully saturated rings. The van der Waals surface area contributed by atoms with Gasteiger partial charge in [-0.05, 0) is 52.9 Å². The molecule has 0 aromatic carbocycles. The number of carbonyl (C=O) groups excluding carboxylic acids is 1. The Morgan fingerprint density at radius 1 is 1.55 bits per heavy atom. The maximum Gasteiger partial charge on any atom is 0.272 e. The molecule has 2 atom stereocenters. The first-order chi connectivity index (χ1) is 10.3. The van der Waals surface area contributed by atoms with Crippen molar-refractivity contribution in [1.29, 1.82) is 0 Å². The van der Waals surface area contributed by atoms with Crippen LogP contribution in [0.15, 0.2) is 6.07 Å². The zero-order valence-electron chi connectivity index (χ0n) is 14.1. The SMILES string of the molecule is CSC(CO)C(C)NC(=O)c1cc(C2CC2)n(C(C)(C)C)n1. The number of nitrogens with one attached hydrogen (secondary N) is 1. The summed E-state index contributed by atoms with van der Waals surface area (Å²) in [4.78, 5) is 12.4. The van der Waals surface area contributed by atoms with Gasteiger partial charge in [0.15, 0.2) is 0 Å². The van der Waals surface area contributed by atoms with Gasteiger partial charge < -0.3 is 10.4 Å². The fourth-order valence-corrected chi connectivity index (χ4v) is 3.15. The average molecular weight is 325 g/mol. The van der Waals surface area contributed by atoms with Crippen molar-refractivity contribution in [2.24, 2.45) is 0 Å². The minimum absolute atomic E-state index is 0.00319. The van der Waals surface area contributed by atoms with Gasteiger partial charge in [0.25, 0.3) is 5.91 Å². The van der Waals surface area contributed by atoms with E-state index in [2.05, 4.69) is 31.2 Å². The maximum absolute atomic E-state index is 12.4. The number of thioether (sulfide) groups is 1. The van der Waals surface area contributed by atoms with Crippen LogP contribution in [0.2, 0.25) is 0 Å². The predicted octanol–water partition coefficient (Wildman–Crippen LogP) is 2.36. The van der Waals surface area contributed by atoms with Gasteiger partial charge in [0.2, 0.25) is 0 Å². The molecule has 6 heteroatoms. The fourth-order valence-electron chi connectivity index (χ4n) is 2.52. The van der Waals surface area contributed by atoms with Crippen molar-refractivity contribution >= 4 is 17.7 Å². The molecule has 1 heterocycles. The number of carbonyl (C=O) groups is 1. The number of amides is 1. The first-order valence-corrected chi connectivity index (χ1v) is 9.11. The Bertz CT molecular complexity index is 528. The topological polar surface area (TPSA) is 67.2 Å². The van der Waals surface area contributed by atoms with Gasteiger partial charge in [-0.3, -0.25) is 9.48 Å². The average Bonchev–Trinajstić information content (AvgIpc) is 3.16. The summed E-state index contributed by atoms with van der Waals surface area (Å²) in [6.07, 6.45) is 4.29. The minimum Gasteiger partial charge on any atom is -0.395 e. The molecule has 2 unspecified atom stereocenters. The first kappa shape index (κ1) is 17.3. The van der Waals surface area contributed by atoms with Gasteiger partial charge in [0.1, 0.15) is 5.69 Å². The second-order valence-electron chi connectivity index (χ2n) is 7.03. The fraction of sp³-hybridized carbons (Fsp3) is 0.750. The third-order valence-electron chi connectivity index (χ3n) is 4.00. The zero-order chi connectivity index (χ0) is 16.5. The molecule has 2 rings (SSSR count). The molecule has 1 aliphatic rings. The Morgan fingerprint density at radius 3 is 2.64 bits per heavy atom. The summed E-state index contributed by atoms with van der Waals surface area (Å²) in [5.74, 6) is 0.381. The van der Waals surface area contributed by atoms with E-state index in [-0.39, 0.29) is 29.3 Å². The van der Waals surface area contributed by atoms with E-state index in [1.54, 1.807) is 11.8 Å². The summed E-state index contributed by atoms with van der Waals surface area (Å²) in [6.45, 7) is 8.27. The lowest BCUT2D eigenvalue weighted by Crippen LogP contribution is -2.41. The van der Waals surface area contributed by atoms with Gasteiger partial charge in [-0.25, -0.2) is 0 Å². The third kappa shape index (κ3) is 3.84. The summed E-state index contributed by atoms with van der Waals surface area (Å²) >= 11 is 1.55. The van der Waals surface area contributed by atoms with Crippen LogP contribution < -0.4 is 5.32 Å². The Labute approximate surface area is 136 Å². The van der Waals surface area contributed by atoms with Crippen LogP contribution in [0, 0.1) is 0 Å². The number of hydrogen-bond acceptors (Lipinski definition) is 4. The number of aliphatic hydroxyl groups excluding tert-OH is 1. The van der Waals surface area contributed by atoms with Gasteiger partial charge in [-0.2, -0.15) is 16.9 Å². The Kier molecular flexibility index (Phi) is 5.22. The van der Waals surface area contributed by atoms with Crippen molar-refractivity contribution in [1.82, 2.24) is 15.1 Å². The van der Waals surface area contributed by atoms with Crippen LogP contribution in [0.5, 0.6) is 0 Å². The van der Waals surface area contributed by atoms with Crippen molar-refractivity contribution in [3.63, 3.8) is 0 Å². The van der Waals surface area contributed by atoms with Crippen LogP contribution in [-0.4, -0.2) is 44.9 Å². The van der Waals surface area contributed by atoms with E-state index < -0.39 is 0 Å². The van der Waals surface area contributed by atoms with Crippen LogP contribution in [-0.2, 0) is 5.54 Å². The number of aliphatic hydroxyl groups is 1. The highest BCUT2D eigenvalue weighted by Gasteiger charge is 2.32. The van der Waals surface area contributed by atoms with Gasteiger partial charge in [0, 0.05) is 22.9 Å². The van der Waals surface area contributed by atoms with E-state index in [9.17, 15) is 9.90 Å². The molecule has 0 spiro atoms. The number of hydrogen-bond donors (Lipinski definition) is 2. The molecule has 124 valence electrons. The van der Waals surface area contributed by atoms with Gasteiger partial charge in [-0.15, -0.1) is 0 Å². The first-order valence-electron chi connectivity index (χ1n) is 7.83. The number of aromatic nitrogens is 2. The molecule has 0 bridgehead atoms. The molecule has 1 amide bonds. The second-order valence-corrected chi connectivity index (χ2v) is 8.11. The van der Waals surface area contributed by atoms with Gasteiger partial charge in [0.05, 0.1) is 12.1 Å². The third-order valence-corrected chi connectivity index (χ3v) is 5.16. The summed E-state index contributed by atoms with van der Waals surface area (Å²) in [6, 6.07) is 1.83.